The number of benzene rings is 2. The van der Waals surface area contributed by atoms with Gasteiger partial charge in [0.25, 0.3) is 0 Å². The van der Waals surface area contributed by atoms with Gasteiger partial charge in [0.1, 0.15) is 11.7 Å². The summed E-state index contributed by atoms with van der Waals surface area (Å²) in [6.07, 6.45) is 0. The molecular formula is C20H28N8. The van der Waals surface area contributed by atoms with E-state index in [-0.39, 0.29) is 5.84 Å². The predicted molar refractivity (Wildman–Crippen MR) is 114 cm³/mol. The number of nitrogens with two attached hydrogens (primary N) is 3. The molecule has 0 saturated carbocycles. The summed E-state index contributed by atoms with van der Waals surface area (Å²) >= 11 is 0. The van der Waals surface area contributed by atoms with Crippen molar-refractivity contribution >= 4 is 22.6 Å². The number of amidine groups is 1. The minimum atomic E-state index is 0.128. The highest BCUT2D eigenvalue weighted by Crippen LogP contribution is 2.22. The molecule has 148 valence electrons. The molecule has 0 unspecified atom stereocenters. The standard InChI is InChI=1S/C20H24N6.H4N2/c1-24-18-9-5-3-7-16(18)23-19(24)14-25-10-12-26(13-11-25)17-8-4-2-6-15(17)20(21)22;1-2/h2-9H,10-14H2,1H3,(H3,21,22);1-2H2. The predicted octanol–water partition coefficient (Wildman–Crippen LogP) is 0.998. The summed E-state index contributed by atoms with van der Waals surface area (Å²) in [5, 5.41) is 7.79. The van der Waals surface area contributed by atoms with Gasteiger partial charge in [0.15, 0.2) is 0 Å². The van der Waals surface area contributed by atoms with Gasteiger partial charge in [-0.15, -0.1) is 0 Å². The molecule has 3 aromatic rings. The summed E-state index contributed by atoms with van der Waals surface area (Å²) < 4.78 is 2.19. The molecule has 1 aromatic heterocycles. The first-order chi connectivity index (χ1) is 13.6. The van der Waals surface area contributed by atoms with Gasteiger partial charge in [0.2, 0.25) is 0 Å². The third-order valence-corrected chi connectivity index (χ3v) is 5.15. The Hall–Kier alpha value is -2.94. The van der Waals surface area contributed by atoms with Crippen LogP contribution in [0.4, 0.5) is 5.69 Å². The van der Waals surface area contributed by atoms with Crippen molar-refractivity contribution in [1.82, 2.24) is 14.5 Å². The maximum absolute atomic E-state index is 7.79. The Labute approximate surface area is 165 Å². The van der Waals surface area contributed by atoms with Crippen LogP contribution >= 0.6 is 0 Å². The molecule has 8 heteroatoms. The van der Waals surface area contributed by atoms with Crippen LogP contribution in [0.5, 0.6) is 0 Å². The van der Waals surface area contributed by atoms with Crippen LogP contribution in [0.25, 0.3) is 11.0 Å². The Morgan fingerprint density at radius 3 is 2.32 bits per heavy atom. The summed E-state index contributed by atoms with van der Waals surface area (Å²) in [4.78, 5) is 9.54. The van der Waals surface area contributed by atoms with Crippen molar-refractivity contribution in [3.8, 4) is 0 Å². The molecule has 0 amide bonds. The topological polar surface area (TPSA) is 126 Å². The fourth-order valence-corrected chi connectivity index (χ4v) is 3.66. The lowest BCUT2D eigenvalue weighted by Crippen LogP contribution is -2.46. The number of fused-ring (bicyclic) bond motifs is 1. The molecule has 2 aromatic carbocycles. The maximum atomic E-state index is 7.79. The highest BCUT2D eigenvalue weighted by atomic mass is 15.3. The van der Waals surface area contributed by atoms with Crippen LogP contribution in [-0.4, -0.2) is 46.5 Å². The summed E-state index contributed by atoms with van der Waals surface area (Å²) in [5.74, 6) is 9.23. The molecule has 1 aliphatic rings. The van der Waals surface area contributed by atoms with Crippen LogP contribution < -0.4 is 22.3 Å². The Morgan fingerprint density at radius 1 is 1.00 bits per heavy atom. The second-order valence-electron chi connectivity index (χ2n) is 6.77. The molecule has 0 atom stereocenters. The van der Waals surface area contributed by atoms with Gasteiger partial charge in [-0.2, -0.15) is 0 Å². The number of hydrogen-bond acceptors (Lipinski definition) is 6. The van der Waals surface area contributed by atoms with Crippen LogP contribution in [0.2, 0.25) is 0 Å². The number of piperazine rings is 1. The molecule has 0 spiro atoms. The molecule has 4 rings (SSSR count). The van der Waals surface area contributed by atoms with E-state index in [0.29, 0.717) is 0 Å². The molecule has 28 heavy (non-hydrogen) atoms. The van der Waals surface area contributed by atoms with E-state index in [1.807, 2.05) is 24.3 Å². The van der Waals surface area contributed by atoms with Crippen LogP contribution in [-0.2, 0) is 13.6 Å². The first-order valence-corrected chi connectivity index (χ1v) is 9.28. The number of imidazole rings is 1. The zero-order valence-corrected chi connectivity index (χ0v) is 16.2. The first-order valence-electron chi connectivity index (χ1n) is 9.28. The zero-order chi connectivity index (χ0) is 20.1. The van der Waals surface area contributed by atoms with Gasteiger partial charge in [-0.3, -0.25) is 22.0 Å². The van der Waals surface area contributed by atoms with E-state index in [4.69, 9.17) is 16.1 Å². The number of nitrogens with one attached hydrogen (secondary N) is 1. The van der Waals surface area contributed by atoms with E-state index < -0.39 is 0 Å². The highest BCUT2D eigenvalue weighted by Gasteiger charge is 2.21. The van der Waals surface area contributed by atoms with Crippen LogP contribution in [0.15, 0.2) is 48.5 Å². The Bertz CT molecular complexity index is 940. The van der Waals surface area contributed by atoms with Gasteiger partial charge in [0, 0.05) is 44.5 Å². The van der Waals surface area contributed by atoms with Crippen molar-refractivity contribution < 1.29 is 0 Å². The minimum Gasteiger partial charge on any atom is -0.384 e. The molecule has 0 aliphatic carbocycles. The number of nitrogens with zero attached hydrogens (tertiary/aromatic N) is 4. The van der Waals surface area contributed by atoms with Crippen LogP contribution in [0.1, 0.15) is 11.4 Å². The molecule has 1 fully saturated rings. The summed E-state index contributed by atoms with van der Waals surface area (Å²) in [5.41, 5.74) is 9.85. The van der Waals surface area contributed by atoms with Crippen molar-refractivity contribution in [2.75, 3.05) is 31.1 Å². The third kappa shape index (κ3) is 3.99. The lowest BCUT2D eigenvalue weighted by molar-refractivity contribution is 0.242. The number of hydrazine groups is 1. The Morgan fingerprint density at radius 2 is 1.64 bits per heavy atom. The number of nitrogen functional groups attached to an aromatic ring is 1. The SMILES string of the molecule is Cn1c(CN2CCN(c3ccccc3C(=N)N)CC2)nc2ccccc21.NN. The summed E-state index contributed by atoms with van der Waals surface area (Å²) in [6.45, 7) is 4.64. The fourth-order valence-electron chi connectivity index (χ4n) is 3.66. The Balaban J connectivity index is 0.00000109. The summed E-state index contributed by atoms with van der Waals surface area (Å²) in [7, 11) is 2.09. The molecule has 0 bridgehead atoms. The minimum absolute atomic E-state index is 0.128. The normalized spacial score (nSPS) is 14.6. The van der Waals surface area contributed by atoms with Gasteiger partial charge < -0.3 is 15.2 Å². The van der Waals surface area contributed by atoms with E-state index in [0.717, 1.165) is 55.3 Å². The van der Waals surface area contributed by atoms with Crippen molar-refractivity contribution in [2.45, 2.75) is 6.54 Å². The van der Waals surface area contributed by atoms with Gasteiger partial charge in [-0.05, 0) is 24.3 Å². The van der Waals surface area contributed by atoms with Gasteiger partial charge in [-0.25, -0.2) is 4.98 Å². The van der Waals surface area contributed by atoms with Crippen LogP contribution in [0, 0.1) is 5.41 Å². The molecule has 1 aliphatic heterocycles. The average Bonchev–Trinajstić information content (AvgIpc) is 3.06. The molecular weight excluding hydrogens is 352 g/mol. The molecule has 1 saturated heterocycles. The number of para-hydroxylation sites is 3. The number of aryl methyl sites for hydroxylation is 1. The second-order valence-corrected chi connectivity index (χ2v) is 6.77. The fraction of sp³-hybridized carbons (Fsp3) is 0.300. The summed E-state index contributed by atoms with van der Waals surface area (Å²) in [6, 6.07) is 16.2. The smallest absolute Gasteiger partial charge is 0.124 e. The lowest BCUT2D eigenvalue weighted by atomic mass is 10.1. The second kappa shape index (κ2) is 8.83. The molecule has 2 heterocycles. The van der Waals surface area contributed by atoms with Gasteiger partial charge >= 0.3 is 0 Å². The first kappa shape index (κ1) is 19.8. The third-order valence-electron chi connectivity index (χ3n) is 5.15. The Kier molecular flexibility index (Phi) is 6.25. The molecule has 7 N–H and O–H groups in total. The van der Waals surface area contributed by atoms with Crippen molar-refractivity contribution in [2.24, 2.45) is 24.5 Å². The number of hydrogen-bond donors (Lipinski definition) is 4. The zero-order valence-electron chi connectivity index (χ0n) is 16.2. The van der Waals surface area contributed by atoms with E-state index in [1.54, 1.807) is 0 Å². The van der Waals surface area contributed by atoms with Gasteiger partial charge in [-0.1, -0.05) is 24.3 Å². The van der Waals surface area contributed by atoms with Crippen molar-refractivity contribution in [3.05, 3.63) is 59.9 Å². The number of anilines is 1. The highest BCUT2D eigenvalue weighted by molar-refractivity contribution is 6.00. The molecule has 8 nitrogen and oxygen atoms in total. The lowest BCUT2D eigenvalue weighted by Gasteiger charge is -2.36. The number of rotatable bonds is 4. The average molecular weight is 381 g/mol. The van der Waals surface area contributed by atoms with Crippen LogP contribution in [0.3, 0.4) is 0 Å². The van der Waals surface area contributed by atoms with E-state index in [9.17, 15) is 0 Å². The molecule has 0 radical (unpaired) electrons. The maximum Gasteiger partial charge on any atom is 0.124 e. The van der Waals surface area contributed by atoms with E-state index in [1.165, 1.54) is 5.52 Å². The largest absolute Gasteiger partial charge is 0.384 e. The quantitative estimate of drug-likeness (QED) is 0.231. The van der Waals surface area contributed by atoms with Crippen molar-refractivity contribution in [1.29, 1.82) is 5.41 Å². The van der Waals surface area contributed by atoms with Crippen molar-refractivity contribution in [3.63, 3.8) is 0 Å². The van der Waals surface area contributed by atoms with E-state index in [2.05, 4.69) is 57.4 Å². The monoisotopic (exact) mass is 380 g/mol. The van der Waals surface area contributed by atoms with E-state index >= 15 is 0 Å². The van der Waals surface area contributed by atoms with Gasteiger partial charge in [0.05, 0.1) is 17.6 Å². The number of aromatic nitrogens is 2.